The van der Waals surface area contributed by atoms with E-state index in [4.69, 9.17) is 13.9 Å². The molecule has 3 aromatic rings. The highest BCUT2D eigenvalue weighted by Gasteiger charge is 2.56. The van der Waals surface area contributed by atoms with Gasteiger partial charge in [0.05, 0.1) is 50.4 Å². The molecule has 9 nitrogen and oxygen atoms in total. The zero-order valence-electron chi connectivity index (χ0n) is 27.3. The van der Waals surface area contributed by atoms with Crippen molar-refractivity contribution in [2.75, 3.05) is 20.5 Å². The number of halogens is 1. The van der Waals surface area contributed by atoms with E-state index in [9.17, 15) is 17.6 Å². The number of esters is 1. The van der Waals surface area contributed by atoms with Crippen LogP contribution < -0.4 is 4.74 Å². The predicted molar refractivity (Wildman–Crippen MR) is 174 cm³/mol. The molecule has 1 aromatic heterocycles. The first-order valence-electron chi connectivity index (χ1n) is 14.9. The number of ether oxygens (including phenoxy) is 2. The third-order valence-corrected chi connectivity index (χ3v) is 14.9. The van der Waals surface area contributed by atoms with Crippen LogP contribution >= 0.6 is 0 Å². The number of nitrogens with zero attached hydrogens (tertiary/aromatic N) is 3. The van der Waals surface area contributed by atoms with Crippen molar-refractivity contribution in [1.82, 2.24) is 14.3 Å². The minimum atomic E-state index is -3.75. The van der Waals surface area contributed by atoms with E-state index in [-0.39, 0.29) is 30.8 Å². The average molecular weight is 658 g/mol. The van der Waals surface area contributed by atoms with E-state index in [1.807, 2.05) is 36.4 Å². The van der Waals surface area contributed by atoms with Crippen molar-refractivity contribution in [2.45, 2.75) is 76.9 Å². The number of sulfonamides is 1. The topological polar surface area (TPSA) is 108 Å². The van der Waals surface area contributed by atoms with Crippen LogP contribution in [0.15, 0.2) is 60.9 Å². The van der Waals surface area contributed by atoms with Gasteiger partial charge in [0.1, 0.15) is 5.75 Å². The van der Waals surface area contributed by atoms with E-state index in [0.29, 0.717) is 17.1 Å². The highest BCUT2D eigenvalue weighted by molar-refractivity contribution is 7.88. The lowest BCUT2D eigenvalue weighted by atomic mass is 9.79. The highest BCUT2D eigenvalue weighted by Crippen LogP contribution is 2.49. The molecule has 45 heavy (non-hydrogen) atoms. The molecule has 0 radical (unpaired) electrons. The molecule has 3 atom stereocenters. The lowest BCUT2D eigenvalue weighted by Gasteiger charge is -2.41. The molecule has 0 saturated heterocycles. The smallest absolute Gasteiger partial charge is 0.312 e. The number of hydrogen-bond donors (Lipinski definition) is 0. The molecular weight excluding hydrogens is 614 g/mol. The van der Waals surface area contributed by atoms with Crippen molar-refractivity contribution in [3.8, 4) is 17.1 Å². The molecule has 1 aliphatic carbocycles. The van der Waals surface area contributed by atoms with Gasteiger partial charge in [0.2, 0.25) is 10.0 Å². The van der Waals surface area contributed by atoms with E-state index < -0.39 is 47.7 Å². The molecule has 0 aliphatic heterocycles. The number of hydrogen-bond acceptors (Lipinski definition) is 8. The standard InChI is InChI=1S/C33H44FN3O6SSi/c1-32(2,3)45(7,8)43-29-19-33(31(38)42-5,17-24-10-9-11-25(16-24)30-35-20-26(34)21-36-30)18-28(29)37(44(6,39)40)22-23-12-14-27(41-4)15-13-23/h9-16,20-21,28-29H,17-19,22H2,1-8H3/t28-,29+,33-/m1/s1. The Kier molecular flexibility index (Phi) is 10.2. The minimum Gasteiger partial charge on any atom is -0.497 e. The molecule has 0 unspecified atom stereocenters. The zero-order chi connectivity index (χ0) is 33.2. The fourth-order valence-corrected chi connectivity index (χ4v) is 8.20. The van der Waals surface area contributed by atoms with Crippen molar-refractivity contribution >= 4 is 24.3 Å². The van der Waals surface area contributed by atoms with E-state index in [1.54, 1.807) is 19.2 Å². The van der Waals surface area contributed by atoms with Crippen LogP contribution in [0, 0.1) is 11.2 Å². The van der Waals surface area contributed by atoms with Crippen LogP contribution in [0.3, 0.4) is 0 Å². The second kappa shape index (κ2) is 13.3. The van der Waals surface area contributed by atoms with Gasteiger partial charge in [-0.1, -0.05) is 51.1 Å². The number of rotatable bonds is 11. The molecule has 4 rings (SSSR count). The maximum Gasteiger partial charge on any atom is 0.312 e. The molecular formula is C33H44FN3O6SSi. The van der Waals surface area contributed by atoms with Crippen LogP contribution in [0.5, 0.6) is 5.75 Å². The predicted octanol–water partition coefficient (Wildman–Crippen LogP) is 6.01. The lowest BCUT2D eigenvalue weighted by Crippen LogP contribution is -2.50. The van der Waals surface area contributed by atoms with Gasteiger partial charge in [0.25, 0.3) is 0 Å². The molecule has 12 heteroatoms. The maximum absolute atomic E-state index is 13.8. The fourth-order valence-electron chi connectivity index (χ4n) is 5.76. The first-order chi connectivity index (χ1) is 21.0. The van der Waals surface area contributed by atoms with Crippen LogP contribution in [-0.2, 0) is 36.9 Å². The quantitative estimate of drug-likeness (QED) is 0.182. The molecule has 244 valence electrons. The fraction of sp³-hybridized carbons (Fsp3) is 0.485. The van der Waals surface area contributed by atoms with Crippen molar-refractivity contribution in [2.24, 2.45) is 5.41 Å². The summed E-state index contributed by atoms with van der Waals surface area (Å²) in [5.74, 6) is 0.0729. The number of benzene rings is 2. The Bertz CT molecular complexity index is 1600. The molecule has 2 aromatic carbocycles. The van der Waals surface area contributed by atoms with Gasteiger partial charge < -0.3 is 13.9 Å². The Morgan fingerprint density at radius 2 is 1.69 bits per heavy atom. The Morgan fingerprint density at radius 1 is 1.04 bits per heavy atom. The summed E-state index contributed by atoms with van der Waals surface area (Å²) in [5.41, 5.74) is 1.21. The van der Waals surface area contributed by atoms with Gasteiger partial charge in [-0.05, 0) is 66.7 Å². The molecule has 1 fully saturated rings. The zero-order valence-corrected chi connectivity index (χ0v) is 29.2. The molecule has 0 spiro atoms. The number of aromatic nitrogens is 2. The highest BCUT2D eigenvalue weighted by atomic mass is 32.2. The Hall–Kier alpha value is -3.19. The third-order valence-electron chi connectivity index (χ3n) is 9.13. The second-order valence-corrected chi connectivity index (χ2v) is 20.1. The summed E-state index contributed by atoms with van der Waals surface area (Å²) in [6.45, 7) is 10.8. The summed E-state index contributed by atoms with van der Waals surface area (Å²) in [5, 5.41) is -0.149. The summed E-state index contributed by atoms with van der Waals surface area (Å²) in [7, 11) is -3.23. The van der Waals surface area contributed by atoms with Crippen LogP contribution in [-0.4, -0.2) is 69.6 Å². The van der Waals surface area contributed by atoms with Crippen LogP contribution in [0.1, 0.15) is 44.7 Å². The Balaban J connectivity index is 1.78. The third kappa shape index (κ3) is 7.97. The van der Waals surface area contributed by atoms with E-state index in [0.717, 1.165) is 23.5 Å². The summed E-state index contributed by atoms with van der Waals surface area (Å²) >= 11 is 0. The van der Waals surface area contributed by atoms with Gasteiger partial charge in [-0.25, -0.2) is 22.8 Å². The maximum atomic E-state index is 13.8. The first-order valence-corrected chi connectivity index (χ1v) is 19.7. The molecule has 1 heterocycles. The van der Waals surface area contributed by atoms with Crippen LogP contribution in [0.4, 0.5) is 4.39 Å². The van der Waals surface area contributed by atoms with Gasteiger partial charge in [-0.2, -0.15) is 4.31 Å². The Labute approximate surface area is 267 Å². The minimum absolute atomic E-state index is 0.111. The van der Waals surface area contributed by atoms with Crippen molar-refractivity contribution in [3.63, 3.8) is 0 Å². The first kappa shape index (κ1) is 34.7. The lowest BCUT2D eigenvalue weighted by molar-refractivity contribution is -0.153. The van der Waals surface area contributed by atoms with Gasteiger partial charge in [-0.15, -0.1) is 0 Å². The Morgan fingerprint density at radius 3 is 2.24 bits per heavy atom. The van der Waals surface area contributed by atoms with Gasteiger partial charge in [0.15, 0.2) is 20.0 Å². The summed E-state index contributed by atoms with van der Waals surface area (Å²) in [6, 6.07) is 14.1. The van der Waals surface area contributed by atoms with Crippen molar-refractivity contribution in [3.05, 3.63) is 77.9 Å². The molecule has 1 saturated carbocycles. The van der Waals surface area contributed by atoms with Crippen molar-refractivity contribution < 1.29 is 31.5 Å². The average Bonchev–Trinajstić information content (AvgIpc) is 3.32. The van der Waals surface area contributed by atoms with Crippen LogP contribution in [0.2, 0.25) is 18.1 Å². The van der Waals surface area contributed by atoms with Crippen molar-refractivity contribution in [1.29, 1.82) is 0 Å². The van der Waals surface area contributed by atoms with Gasteiger partial charge in [0, 0.05) is 12.1 Å². The number of carbonyl (C=O) groups excluding carboxylic acids is 1. The molecule has 0 N–H and O–H groups in total. The van der Waals surface area contributed by atoms with Crippen LogP contribution in [0.25, 0.3) is 11.4 Å². The summed E-state index contributed by atoms with van der Waals surface area (Å²) < 4.78 is 59.6. The normalized spacial score (nSPS) is 20.8. The largest absolute Gasteiger partial charge is 0.497 e. The monoisotopic (exact) mass is 657 g/mol. The summed E-state index contributed by atoms with van der Waals surface area (Å²) in [4.78, 5) is 22.0. The number of carbonyl (C=O) groups is 1. The van der Waals surface area contributed by atoms with Gasteiger partial charge in [-0.3, -0.25) is 4.79 Å². The SMILES string of the molecule is COC(=O)[C@@]1(Cc2cccc(-c3ncc(F)cn3)c2)C[C@H](O[Si](C)(C)C(C)(C)C)[C@H](N(Cc2ccc(OC)cc2)S(C)(=O)=O)C1. The van der Waals surface area contributed by atoms with Gasteiger partial charge >= 0.3 is 5.97 Å². The van der Waals surface area contributed by atoms with E-state index >= 15 is 0 Å². The van der Waals surface area contributed by atoms with E-state index in [2.05, 4.69) is 43.8 Å². The van der Waals surface area contributed by atoms with E-state index in [1.165, 1.54) is 17.7 Å². The number of methoxy groups -OCH3 is 2. The summed E-state index contributed by atoms with van der Waals surface area (Å²) in [6.07, 6.45) is 3.63. The molecule has 1 aliphatic rings. The molecule has 0 bridgehead atoms. The second-order valence-electron chi connectivity index (χ2n) is 13.4. The molecule has 0 amide bonds.